The lowest BCUT2D eigenvalue weighted by Crippen LogP contribution is -2.41. The maximum Gasteiger partial charge on any atom is 0.494 e. The highest BCUT2D eigenvalue weighted by atomic mass is 79.9. The van der Waals surface area contributed by atoms with Crippen LogP contribution in [0.3, 0.4) is 0 Å². The maximum atomic E-state index is 6.00. The molecule has 0 bridgehead atoms. The van der Waals surface area contributed by atoms with Crippen LogP contribution in [0.25, 0.3) is 32.9 Å². The van der Waals surface area contributed by atoms with Gasteiger partial charge in [0.15, 0.2) is 0 Å². The van der Waals surface area contributed by atoms with Gasteiger partial charge in [-0.3, -0.25) is 0 Å². The summed E-state index contributed by atoms with van der Waals surface area (Å²) in [5, 5.41) is 8.53. The van der Waals surface area contributed by atoms with Crippen molar-refractivity contribution in [1.82, 2.24) is 19.9 Å². The number of rotatable bonds is 10. The number of morpholine rings is 2. The van der Waals surface area contributed by atoms with E-state index in [1.54, 1.807) is 14.2 Å². The van der Waals surface area contributed by atoms with Crippen LogP contribution in [-0.2, 0) is 18.8 Å². The molecule has 11 rings (SSSR count). The number of nitrogens with one attached hydrogen (secondary N) is 2. The molecule has 18 heteroatoms. The van der Waals surface area contributed by atoms with E-state index in [2.05, 4.69) is 63.4 Å². The Labute approximate surface area is 448 Å². The maximum absolute atomic E-state index is 6.00. The molecule has 3 saturated heterocycles. The van der Waals surface area contributed by atoms with Gasteiger partial charge in [0.25, 0.3) is 0 Å². The molecule has 5 heterocycles. The number of halogens is 1. The van der Waals surface area contributed by atoms with Gasteiger partial charge in [0.2, 0.25) is 11.9 Å². The predicted octanol–water partition coefficient (Wildman–Crippen LogP) is 10.7. The molecular weight excluding hydrogens is 1010 g/mol. The standard InChI is InChI=1S/C25H25N5O2.C19H19BrN4O2.C12H18BNO2.CH4/c1-31-23-15-20(30-10-12-32-13-11-30)8-9-22(23)28-25-27-16-18-5-3-7-21(24(18)29-25)17-4-2-6-19(26)14-17;1-25-17-11-14(24-7-9-26-10-8-24)5-6-16(17)22-19-21-12-13-3-2-4-15(20)18(13)23-19;1-11(2)12(3,4)16-13(15-11)9-6-5-7-10(14)8-9;/h2-9,14-16H,10-13,26H2,1H3,(H,27,28,29);2-6,11-12H,7-10H2,1H3,(H,21,22,23);5-8H,14H2,1-4H3;1H4. The van der Waals surface area contributed by atoms with Gasteiger partial charge in [-0.25, -0.2) is 19.9 Å². The first-order valence-electron chi connectivity index (χ1n) is 24.6. The van der Waals surface area contributed by atoms with Crippen LogP contribution in [0.4, 0.5) is 46.0 Å². The van der Waals surface area contributed by atoms with Crippen molar-refractivity contribution >= 4 is 96.3 Å². The monoisotopic (exact) mass is 1080 g/mol. The largest absolute Gasteiger partial charge is 0.494 e. The molecule has 0 atom stereocenters. The van der Waals surface area contributed by atoms with Crippen molar-refractivity contribution in [2.45, 2.75) is 46.3 Å². The van der Waals surface area contributed by atoms with E-state index in [0.29, 0.717) is 11.9 Å². The van der Waals surface area contributed by atoms with Crippen LogP contribution in [0, 0.1) is 0 Å². The van der Waals surface area contributed by atoms with Gasteiger partial charge in [-0.1, -0.05) is 62.0 Å². The number of benzene rings is 6. The molecule has 0 spiro atoms. The number of nitrogens with two attached hydrogens (primary N) is 2. The zero-order valence-electron chi connectivity index (χ0n) is 42.6. The third-order valence-corrected chi connectivity index (χ3v) is 14.1. The average Bonchev–Trinajstić information content (AvgIpc) is 3.65. The lowest BCUT2D eigenvalue weighted by Gasteiger charge is -2.32. The predicted molar refractivity (Wildman–Crippen MR) is 309 cm³/mol. The smallest absolute Gasteiger partial charge is 0.494 e. The Kier molecular flexibility index (Phi) is 17.3. The molecule has 390 valence electrons. The highest BCUT2D eigenvalue weighted by molar-refractivity contribution is 9.10. The van der Waals surface area contributed by atoms with Crippen LogP contribution >= 0.6 is 15.9 Å². The van der Waals surface area contributed by atoms with Crippen LogP contribution in [-0.4, -0.2) is 105 Å². The number of hydrogen-bond acceptors (Lipinski definition) is 16. The molecule has 8 aromatic rings. The lowest BCUT2D eigenvalue weighted by molar-refractivity contribution is 0.00578. The fourth-order valence-corrected chi connectivity index (χ4v) is 9.13. The van der Waals surface area contributed by atoms with Gasteiger partial charge in [0, 0.05) is 94.3 Å². The SMILES string of the molecule is C.CC1(C)OB(c2cccc(N)c2)OC1(C)C.COc1cc(N2CCOCC2)ccc1Nc1ncc2cccc(-c3cccc(N)c3)c2n1.COc1cc(N2CCOCC2)ccc1Nc1ncc2cccc(Br)c2n1. The Bertz CT molecular complexity index is 3210. The van der Waals surface area contributed by atoms with Crippen molar-refractivity contribution in [1.29, 1.82) is 0 Å². The highest BCUT2D eigenvalue weighted by Crippen LogP contribution is 2.38. The zero-order chi connectivity index (χ0) is 51.8. The summed E-state index contributed by atoms with van der Waals surface area (Å²) in [6, 6.07) is 39.7. The first-order chi connectivity index (χ1) is 35.8. The minimum absolute atomic E-state index is 0. The third kappa shape index (κ3) is 12.8. The number of nitrogens with zero attached hydrogens (tertiary/aromatic N) is 6. The summed E-state index contributed by atoms with van der Waals surface area (Å²) in [6.45, 7) is 14.7. The molecule has 3 fully saturated rings. The molecule has 2 aromatic heterocycles. The zero-order valence-corrected chi connectivity index (χ0v) is 44.2. The third-order valence-electron chi connectivity index (χ3n) is 13.4. The second-order valence-electron chi connectivity index (χ2n) is 18.9. The molecular formula is C57H66BBrN10O6. The summed E-state index contributed by atoms with van der Waals surface area (Å²) in [7, 11) is 3.01. The Morgan fingerprint density at radius 3 is 1.59 bits per heavy atom. The van der Waals surface area contributed by atoms with E-state index in [-0.39, 0.29) is 25.7 Å². The van der Waals surface area contributed by atoms with E-state index in [4.69, 9.17) is 44.7 Å². The quantitative estimate of drug-likeness (QED) is 0.0747. The summed E-state index contributed by atoms with van der Waals surface area (Å²) in [6.07, 6.45) is 3.64. The van der Waals surface area contributed by atoms with Crippen LogP contribution in [0.1, 0.15) is 35.1 Å². The fraction of sp³-hybridized carbons (Fsp3) is 0.298. The topological polar surface area (TPSA) is 190 Å². The number of para-hydroxylation sites is 2. The van der Waals surface area contributed by atoms with Gasteiger partial charge in [-0.2, -0.15) is 0 Å². The van der Waals surface area contributed by atoms with Crippen molar-refractivity contribution in [3.8, 4) is 22.6 Å². The number of ether oxygens (including phenoxy) is 4. The molecule has 0 unspecified atom stereocenters. The number of methoxy groups -OCH3 is 2. The van der Waals surface area contributed by atoms with E-state index in [9.17, 15) is 0 Å². The normalized spacial score (nSPS) is 15.7. The average molecular weight is 1080 g/mol. The minimum atomic E-state index is -0.325. The van der Waals surface area contributed by atoms with Crippen molar-refractivity contribution in [3.63, 3.8) is 0 Å². The number of nitrogen functional groups attached to an aromatic ring is 2. The Morgan fingerprint density at radius 1 is 0.587 bits per heavy atom. The summed E-state index contributed by atoms with van der Waals surface area (Å²) >= 11 is 3.54. The van der Waals surface area contributed by atoms with Crippen LogP contribution < -0.4 is 46.8 Å². The summed E-state index contributed by atoms with van der Waals surface area (Å²) in [5.41, 5.74) is 21.2. The van der Waals surface area contributed by atoms with Crippen molar-refractivity contribution in [2.75, 3.05) is 98.7 Å². The van der Waals surface area contributed by atoms with E-state index in [1.165, 1.54) is 0 Å². The van der Waals surface area contributed by atoms with Gasteiger partial charge in [0.05, 0.1) is 74.3 Å². The van der Waals surface area contributed by atoms with Gasteiger partial charge < -0.3 is 60.2 Å². The van der Waals surface area contributed by atoms with E-state index in [0.717, 1.165) is 141 Å². The first-order valence-corrected chi connectivity index (χ1v) is 25.4. The van der Waals surface area contributed by atoms with Gasteiger partial charge in [0.1, 0.15) is 11.5 Å². The molecule has 3 aliphatic heterocycles. The highest BCUT2D eigenvalue weighted by Gasteiger charge is 2.51. The summed E-state index contributed by atoms with van der Waals surface area (Å²) in [4.78, 5) is 22.9. The van der Waals surface area contributed by atoms with Gasteiger partial charge >= 0.3 is 7.12 Å². The fourth-order valence-electron chi connectivity index (χ4n) is 8.66. The molecule has 6 aromatic carbocycles. The number of anilines is 8. The molecule has 0 radical (unpaired) electrons. The van der Waals surface area contributed by atoms with E-state index >= 15 is 0 Å². The Hall–Kier alpha value is -7.22. The van der Waals surface area contributed by atoms with Crippen molar-refractivity contribution in [3.05, 3.63) is 138 Å². The lowest BCUT2D eigenvalue weighted by atomic mass is 9.79. The van der Waals surface area contributed by atoms with Crippen LogP contribution in [0.2, 0.25) is 0 Å². The molecule has 75 heavy (non-hydrogen) atoms. The molecule has 16 nitrogen and oxygen atoms in total. The second-order valence-corrected chi connectivity index (χ2v) is 19.8. The second kappa shape index (κ2) is 24.0. The number of hydrogen-bond donors (Lipinski definition) is 4. The van der Waals surface area contributed by atoms with Crippen molar-refractivity contribution in [2.24, 2.45) is 0 Å². The Balaban J connectivity index is 0.000000156. The van der Waals surface area contributed by atoms with Crippen LogP contribution in [0.15, 0.2) is 138 Å². The van der Waals surface area contributed by atoms with Crippen molar-refractivity contribution < 1.29 is 28.3 Å². The van der Waals surface area contributed by atoms with Gasteiger partial charge in [-0.15, -0.1) is 0 Å². The molecule has 6 N–H and O–H groups in total. The van der Waals surface area contributed by atoms with E-state index in [1.807, 2.05) is 149 Å². The first kappa shape index (κ1) is 54.1. The Morgan fingerprint density at radius 2 is 1.07 bits per heavy atom. The van der Waals surface area contributed by atoms with Crippen LogP contribution in [0.5, 0.6) is 11.5 Å². The summed E-state index contributed by atoms with van der Waals surface area (Å²) < 4.78 is 34.9. The minimum Gasteiger partial charge on any atom is -0.494 e. The number of aromatic nitrogens is 4. The van der Waals surface area contributed by atoms with E-state index < -0.39 is 0 Å². The number of fused-ring (bicyclic) bond motifs is 2. The molecule has 0 saturated carbocycles. The molecule has 3 aliphatic rings. The summed E-state index contributed by atoms with van der Waals surface area (Å²) in [5.74, 6) is 2.53. The van der Waals surface area contributed by atoms with Gasteiger partial charge in [-0.05, 0) is 109 Å². The molecule has 0 aliphatic carbocycles. The molecule has 0 amide bonds.